The molecule has 1 aliphatic heterocycles. The van der Waals surface area contributed by atoms with Crippen molar-refractivity contribution in [3.05, 3.63) is 47.6 Å². The Morgan fingerprint density at radius 3 is 2.72 bits per heavy atom. The second kappa shape index (κ2) is 6.45. The quantitative estimate of drug-likeness (QED) is 0.778. The number of hydrogen-bond acceptors (Lipinski definition) is 3. The van der Waals surface area contributed by atoms with Gasteiger partial charge in [0.25, 0.3) is 5.91 Å². The van der Waals surface area contributed by atoms with Gasteiger partial charge in [-0.3, -0.25) is 9.78 Å². The first-order valence-electron chi connectivity index (χ1n) is 7.76. The van der Waals surface area contributed by atoms with Gasteiger partial charge in [-0.2, -0.15) is 13.2 Å². The number of carbonyl (C=O) groups excluding carboxylic acids is 1. The molecule has 1 amide bonds. The maximum atomic E-state index is 13.3. The van der Waals surface area contributed by atoms with Crippen LogP contribution in [0.2, 0.25) is 0 Å². The normalized spacial score (nSPS) is 18.4. The number of pyridine rings is 1. The predicted molar refractivity (Wildman–Crippen MR) is 80.3 cm³/mol. The van der Waals surface area contributed by atoms with Gasteiger partial charge >= 0.3 is 6.18 Å². The molecule has 0 N–H and O–H groups in total. The molecule has 2 aromatic heterocycles. The molecular weight excluding hydrogens is 340 g/mol. The summed E-state index contributed by atoms with van der Waals surface area (Å²) in [4.78, 5) is 21.4. The van der Waals surface area contributed by atoms with Crippen molar-refractivity contribution in [2.24, 2.45) is 7.05 Å². The molecule has 2 aromatic rings. The van der Waals surface area contributed by atoms with Crippen LogP contribution < -0.4 is 0 Å². The number of piperidine rings is 1. The molecule has 3 rings (SSSR count). The highest BCUT2D eigenvalue weighted by molar-refractivity contribution is 5.94. The summed E-state index contributed by atoms with van der Waals surface area (Å²) in [6.07, 6.45) is -0.0133. The zero-order chi connectivity index (χ0) is 18.2. The summed E-state index contributed by atoms with van der Waals surface area (Å²) in [6.45, 7) is 0.694. The average molecular weight is 356 g/mol. The molecule has 25 heavy (non-hydrogen) atoms. The number of hydrogen-bond donors (Lipinski definition) is 0. The average Bonchev–Trinajstić information content (AvgIpc) is 2.96. The van der Waals surface area contributed by atoms with Gasteiger partial charge in [0.05, 0.1) is 11.8 Å². The Hall–Kier alpha value is -2.45. The van der Waals surface area contributed by atoms with Crippen molar-refractivity contribution in [1.82, 2.24) is 19.4 Å². The van der Waals surface area contributed by atoms with E-state index in [9.17, 15) is 22.4 Å². The molecular formula is C16H16F4N4O. The van der Waals surface area contributed by atoms with Crippen LogP contribution in [0.15, 0.2) is 24.7 Å². The standard InChI is InChI=1S/C16H16F4N4O/c1-23-9-13(16(18,19)20)22-14(23)10-3-2-4-24(8-10)15(25)11-5-12(17)7-21-6-11/h5-7,9-10H,2-4,8H2,1H3. The summed E-state index contributed by atoms with van der Waals surface area (Å²) >= 11 is 0. The predicted octanol–water partition coefficient (Wildman–Crippen LogP) is 2.99. The number of imidazole rings is 1. The lowest BCUT2D eigenvalue weighted by Crippen LogP contribution is -2.39. The Balaban J connectivity index is 1.80. The van der Waals surface area contributed by atoms with Gasteiger partial charge < -0.3 is 9.47 Å². The van der Waals surface area contributed by atoms with E-state index in [1.54, 1.807) is 0 Å². The molecule has 134 valence electrons. The molecule has 5 nitrogen and oxygen atoms in total. The van der Waals surface area contributed by atoms with Crippen LogP contribution in [0.4, 0.5) is 17.6 Å². The minimum Gasteiger partial charge on any atom is -0.338 e. The van der Waals surface area contributed by atoms with E-state index in [4.69, 9.17) is 0 Å². The molecule has 1 saturated heterocycles. The fourth-order valence-electron chi connectivity index (χ4n) is 3.08. The molecule has 1 aliphatic rings. The molecule has 1 atom stereocenters. The van der Waals surface area contributed by atoms with Crippen LogP contribution in [-0.2, 0) is 13.2 Å². The van der Waals surface area contributed by atoms with Gasteiger partial charge in [-0.1, -0.05) is 0 Å². The third kappa shape index (κ3) is 3.64. The lowest BCUT2D eigenvalue weighted by atomic mass is 9.96. The Kier molecular flexibility index (Phi) is 4.49. The SMILES string of the molecule is Cn1cc(C(F)(F)F)nc1C1CCCN(C(=O)c2cncc(F)c2)C1. The number of nitrogens with zero attached hydrogens (tertiary/aromatic N) is 4. The number of likely N-dealkylation sites (tertiary alicyclic amines) is 1. The summed E-state index contributed by atoms with van der Waals surface area (Å²) < 4.78 is 53.1. The highest BCUT2D eigenvalue weighted by atomic mass is 19.4. The number of alkyl halides is 3. The minimum absolute atomic E-state index is 0.122. The van der Waals surface area contributed by atoms with Gasteiger partial charge in [-0.05, 0) is 18.9 Å². The van der Waals surface area contributed by atoms with Gasteiger partial charge in [0, 0.05) is 38.4 Å². The molecule has 1 unspecified atom stereocenters. The molecule has 0 bridgehead atoms. The number of halogens is 4. The second-order valence-electron chi connectivity index (χ2n) is 6.08. The Bertz CT molecular complexity index is 787. The van der Waals surface area contributed by atoms with Crippen molar-refractivity contribution in [2.75, 3.05) is 13.1 Å². The van der Waals surface area contributed by atoms with Gasteiger partial charge in [0.2, 0.25) is 0 Å². The van der Waals surface area contributed by atoms with Crippen LogP contribution in [0.1, 0.15) is 40.6 Å². The zero-order valence-electron chi connectivity index (χ0n) is 13.4. The van der Waals surface area contributed by atoms with E-state index in [2.05, 4.69) is 9.97 Å². The first-order valence-corrected chi connectivity index (χ1v) is 7.76. The monoisotopic (exact) mass is 356 g/mol. The van der Waals surface area contributed by atoms with Crippen LogP contribution in [0, 0.1) is 5.82 Å². The molecule has 9 heteroatoms. The van der Waals surface area contributed by atoms with Gasteiger partial charge in [0.15, 0.2) is 5.69 Å². The molecule has 1 fully saturated rings. The molecule has 3 heterocycles. The number of aromatic nitrogens is 3. The van der Waals surface area contributed by atoms with Crippen LogP contribution in [0.3, 0.4) is 0 Å². The van der Waals surface area contributed by atoms with E-state index >= 15 is 0 Å². The van der Waals surface area contributed by atoms with E-state index in [0.29, 0.717) is 25.2 Å². The summed E-state index contributed by atoms with van der Waals surface area (Å²) in [7, 11) is 1.51. The number of carbonyl (C=O) groups is 1. The Labute approximate surface area is 141 Å². The smallest absolute Gasteiger partial charge is 0.338 e. The number of aryl methyl sites for hydroxylation is 1. The van der Waals surface area contributed by atoms with Gasteiger partial charge in [-0.25, -0.2) is 9.37 Å². The van der Waals surface area contributed by atoms with Crippen molar-refractivity contribution in [1.29, 1.82) is 0 Å². The third-order valence-electron chi connectivity index (χ3n) is 4.23. The van der Waals surface area contributed by atoms with Crippen LogP contribution in [0.25, 0.3) is 0 Å². The lowest BCUT2D eigenvalue weighted by Gasteiger charge is -2.32. The molecule has 0 saturated carbocycles. The Morgan fingerprint density at radius 1 is 1.32 bits per heavy atom. The van der Waals surface area contributed by atoms with E-state index < -0.39 is 17.7 Å². The summed E-state index contributed by atoms with van der Waals surface area (Å²) in [5, 5.41) is 0. The fraction of sp³-hybridized carbons (Fsp3) is 0.438. The molecule has 0 aliphatic carbocycles. The van der Waals surface area contributed by atoms with Gasteiger partial charge in [-0.15, -0.1) is 0 Å². The zero-order valence-corrected chi connectivity index (χ0v) is 13.4. The van der Waals surface area contributed by atoms with Crippen molar-refractivity contribution < 1.29 is 22.4 Å². The summed E-state index contributed by atoms with van der Waals surface area (Å²) in [5.74, 6) is -1.01. The van der Waals surface area contributed by atoms with E-state index in [-0.39, 0.29) is 23.9 Å². The maximum Gasteiger partial charge on any atom is 0.434 e. The lowest BCUT2D eigenvalue weighted by molar-refractivity contribution is -0.141. The topological polar surface area (TPSA) is 51.0 Å². The summed E-state index contributed by atoms with van der Waals surface area (Å²) in [6, 6.07) is 1.10. The van der Waals surface area contributed by atoms with Crippen molar-refractivity contribution in [3.8, 4) is 0 Å². The highest BCUT2D eigenvalue weighted by Crippen LogP contribution is 2.32. The highest BCUT2D eigenvalue weighted by Gasteiger charge is 2.36. The number of rotatable bonds is 2. The first kappa shape index (κ1) is 17.4. The van der Waals surface area contributed by atoms with Crippen molar-refractivity contribution in [2.45, 2.75) is 24.9 Å². The second-order valence-corrected chi connectivity index (χ2v) is 6.08. The van der Waals surface area contributed by atoms with E-state index in [1.165, 1.54) is 22.7 Å². The number of amides is 1. The first-order chi connectivity index (χ1) is 11.8. The fourth-order valence-corrected chi connectivity index (χ4v) is 3.08. The third-order valence-corrected chi connectivity index (χ3v) is 4.23. The minimum atomic E-state index is -4.51. The summed E-state index contributed by atoms with van der Waals surface area (Å²) in [5.41, 5.74) is -0.820. The van der Waals surface area contributed by atoms with E-state index in [1.807, 2.05) is 0 Å². The maximum absolute atomic E-state index is 13.3. The molecule has 0 radical (unpaired) electrons. The largest absolute Gasteiger partial charge is 0.434 e. The molecule has 0 aromatic carbocycles. The van der Waals surface area contributed by atoms with Crippen LogP contribution >= 0.6 is 0 Å². The van der Waals surface area contributed by atoms with E-state index in [0.717, 1.165) is 18.5 Å². The Morgan fingerprint density at radius 2 is 2.08 bits per heavy atom. The van der Waals surface area contributed by atoms with Crippen molar-refractivity contribution >= 4 is 5.91 Å². The van der Waals surface area contributed by atoms with Crippen molar-refractivity contribution in [3.63, 3.8) is 0 Å². The molecule has 0 spiro atoms. The van der Waals surface area contributed by atoms with Gasteiger partial charge in [0.1, 0.15) is 11.6 Å². The van der Waals surface area contributed by atoms with Crippen LogP contribution in [-0.4, -0.2) is 38.4 Å². The van der Waals surface area contributed by atoms with Crippen LogP contribution in [0.5, 0.6) is 0 Å².